The van der Waals surface area contributed by atoms with Crippen LogP contribution in [0.2, 0.25) is 0 Å². The van der Waals surface area contributed by atoms with Gasteiger partial charge in [-0.3, -0.25) is 4.79 Å². The van der Waals surface area contributed by atoms with E-state index in [2.05, 4.69) is 38.1 Å². The molecular formula is C21H20N4OS. The fourth-order valence-corrected chi connectivity index (χ4v) is 3.88. The van der Waals surface area contributed by atoms with Crippen molar-refractivity contribution in [3.63, 3.8) is 0 Å². The highest BCUT2D eigenvalue weighted by Crippen LogP contribution is 2.33. The standard InChI is InChI=1S/C21H20N4OS/c26-21(25-17-9-10-17)14-4-1-13(2-5-14)3-6-15-11-27-19-18(15)22-12-23-20(19)24-16-7-8-16/h1-6,11-12,16-17H,7-10H2,(H,25,26)(H,22,23,24)/b6-3+. The number of amides is 1. The Labute approximate surface area is 161 Å². The van der Waals surface area contributed by atoms with Gasteiger partial charge in [-0.25, -0.2) is 9.97 Å². The average molecular weight is 376 g/mol. The van der Waals surface area contributed by atoms with E-state index in [-0.39, 0.29) is 5.91 Å². The number of benzene rings is 1. The first-order valence-corrected chi connectivity index (χ1v) is 10.2. The molecule has 5 rings (SSSR count). The van der Waals surface area contributed by atoms with E-state index in [0.29, 0.717) is 17.6 Å². The first kappa shape index (κ1) is 16.4. The Morgan fingerprint density at radius 2 is 1.81 bits per heavy atom. The van der Waals surface area contributed by atoms with E-state index in [4.69, 9.17) is 0 Å². The zero-order chi connectivity index (χ0) is 18.2. The molecule has 136 valence electrons. The number of nitrogens with zero attached hydrogens (tertiary/aromatic N) is 2. The summed E-state index contributed by atoms with van der Waals surface area (Å²) >= 11 is 1.67. The molecule has 2 heterocycles. The molecule has 2 aliphatic carbocycles. The summed E-state index contributed by atoms with van der Waals surface area (Å²) in [6.45, 7) is 0. The van der Waals surface area contributed by atoms with Gasteiger partial charge in [0.25, 0.3) is 5.91 Å². The number of thiophene rings is 1. The van der Waals surface area contributed by atoms with Crippen molar-refractivity contribution in [2.75, 3.05) is 5.32 Å². The fraction of sp³-hybridized carbons (Fsp3) is 0.286. The Morgan fingerprint density at radius 1 is 1.04 bits per heavy atom. The van der Waals surface area contributed by atoms with Crippen molar-refractivity contribution in [3.8, 4) is 0 Å². The molecule has 2 aromatic heterocycles. The third kappa shape index (κ3) is 3.71. The lowest BCUT2D eigenvalue weighted by Gasteiger charge is -2.04. The summed E-state index contributed by atoms with van der Waals surface area (Å²) in [5, 5.41) is 8.61. The molecule has 3 aromatic rings. The molecule has 5 nitrogen and oxygen atoms in total. The van der Waals surface area contributed by atoms with Crippen LogP contribution in [0.25, 0.3) is 22.4 Å². The normalized spacial score (nSPS) is 16.7. The van der Waals surface area contributed by atoms with Crippen LogP contribution in [0.3, 0.4) is 0 Å². The predicted molar refractivity (Wildman–Crippen MR) is 110 cm³/mol. The summed E-state index contributed by atoms with van der Waals surface area (Å²) in [6, 6.07) is 8.65. The molecule has 0 unspecified atom stereocenters. The second kappa shape index (κ2) is 6.78. The molecule has 2 N–H and O–H groups in total. The molecule has 27 heavy (non-hydrogen) atoms. The van der Waals surface area contributed by atoms with Crippen molar-refractivity contribution in [1.82, 2.24) is 15.3 Å². The topological polar surface area (TPSA) is 66.9 Å². The first-order valence-electron chi connectivity index (χ1n) is 9.34. The van der Waals surface area contributed by atoms with Crippen molar-refractivity contribution in [2.24, 2.45) is 0 Å². The van der Waals surface area contributed by atoms with Crippen LogP contribution in [0.1, 0.15) is 47.2 Å². The Hall–Kier alpha value is -2.73. The number of hydrogen-bond acceptors (Lipinski definition) is 5. The number of carbonyl (C=O) groups is 1. The molecule has 0 atom stereocenters. The van der Waals surface area contributed by atoms with Crippen LogP contribution in [0.5, 0.6) is 0 Å². The van der Waals surface area contributed by atoms with Gasteiger partial charge in [0.2, 0.25) is 0 Å². The zero-order valence-electron chi connectivity index (χ0n) is 14.8. The minimum absolute atomic E-state index is 0.0178. The predicted octanol–water partition coefficient (Wildman–Crippen LogP) is 4.33. The van der Waals surface area contributed by atoms with Crippen LogP contribution in [-0.4, -0.2) is 28.0 Å². The van der Waals surface area contributed by atoms with Crippen molar-refractivity contribution >= 4 is 45.4 Å². The summed E-state index contributed by atoms with van der Waals surface area (Å²) in [6.07, 6.45) is 10.4. The smallest absolute Gasteiger partial charge is 0.251 e. The van der Waals surface area contributed by atoms with Crippen LogP contribution >= 0.6 is 11.3 Å². The van der Waals surface area contributed by atoms with Gasteiger partial charge in [0.1, 0.15) is 12.1 Å². The van der Waals surface area contributed by atoms with Gasteiger partial charge in [0.05, 0.1) is 10.2 Å². The van der Waals surface area contributed by atoms with Crippen LogP contribution in [0, 0.1) is 0 Å². The maximum absolute atomic E-state index is 12.1. The Morgan fingerprint density at radius 3 is 2.56 bits per heavy atom. The Balaban J connectivity index is 1.33. The van der Waals surface area contributed by atoms with Gasteiger partial charge in [0, 0.05) is 28.6 Å². The van der Waals surface area contributed by atoms with Gasteiger partial charge < -0.3 is 10.6 Å². The molecular weight excluding hydrogens is 356 g/mol. The molecule has 6 heteroatoms. The van der Waals surface area contributed by atoms with Gasteiger partial charge in [-0.1, -0.05) is 24.3 Å². The van der Waals surface area contributed by atoms with Gasteiger partial charge in [-0.2, -0.15) is 0 Å². The minimum Gasteiger partial charge on any atom is -0.366 e. The maximum Gasteiger partial charge on any atom is 0.251 e. The third-order valence-corrected chi connectivity index (χ3v) is 5.83. The minimum atomic E-state index is 0.0178. The van der Waals surface area contributed by atoms with E-state index < -0.39 is 0 Å². The summed E-state index contributed by atoms with van der Waals surface area (Å²) in [5.74, 6) is 0.961. The van der Waals surface area contributed by atoms with Gasteiger partial charge in [0.15, 0.2) is 0 Å². The van der Waals surface area contributed by atoms with E-state index in [9.17, 15) is 4.79 Å². The molecule has 1 aromatic carbocycles. The number of carbonyl (C=O) groups excluding carboxylic acids is 1. The fourth-order valence-electron chi connectivity index (χ4n) is 2.94. The maximum atomic E-state index is 12.1. The number of nitrogens with one attached hydrogen (secondary N) is 2. The molecule has 2 saturated carbocycles. The van der Waals surface area contributed by atoms with Crippen molar-refractivity contribution in [2.45, 2.75) is 37.8 Å². The molecule has 0 bridgehead atoms. The monoisotopic (exact) mass is 376 g/mol. The summed E-state index contributed by atoms with van der Waals surface area (Å²) < 4.78 is 1.11. The summed E-state index contributed by atoms with van der Waals surface area (Å²) in [5.41, 5.74) is 3.84. The Bertz CT molecular complexity index is 1020. The van der Waals surface area contributed by atoms with Gasteiger partial charge in [-0.05, 0) is 43.4 Å². The second-order valence-electron chi connectivity index (χ2n) is 7.21. The highest BCUT2D eigenvalue weighted by Gasteiger charge is 2.24. The van der Waals surface area contributed by atoms with E-state index in [1.165, 1.54) is 12.8 Å². The van der Waals surface area contributed by atoms with Crippen LogP contribution in [0.4, 0.5) is 5.82 Å². The first-order chi connectivity index (χ1) is 13.3. The molecule has 0 spiro atoms. The highest BCUT2D eigenvalue weighted by molar-refractivity contribution is 7.18. The van der Waals surface area contributed by atoms with Crippen molar-refractivity contribution in [3.05, 3.63) is 52.7 Å². The number of hydrogen-bond donors (Lipinski definition) is 2. The molecule has 2 aliphatic rings. The van der Waals surface area contributed by atoms with E-state index >= 15 is 0 Å². The summed E-state index contributed by atoms with van der Waals surface area (Å²) in [7, 11) is 0. The van der Waals surface area contributed by atoms with Crippen molar-refractivity contribution in [1.29, 1.82) is 0 Å². The van der Waals surface area contributed by atoms with E-state index in [1.807, 2.05) is 24.3 Å². The van der Waals surface area contributed by atoms with E-state index in [0.717, 1.165) is 40.0 Å². The molecule has 0 saturated heterocycles. The van der Waals surface area contributed by atoms with Gasteiger partial charge in [-0.15, -0.1) is 11.3 Å². The van der Waals surface area contributed by atoms with Gasteiger partial charge >= 0.3 is 0 Å². The lowest BCUT2D eigenvalue weighted by molar-refractivity contribution is 0.0951. The quantitative estimate of drug-likeness (QED) is 0.672. The summed E-state index contributed by atoms with van der Waals surface area (Å²) in [4.78, 5) is 20.9. The third-order valence-electron chi connectivity index (χ3n) is 4.84. The number of rotatable bonds is 6. The molecule has 1 amide bonds. The Kier molecular flexibility index (Phi) is 4.13. The van der Waals surface area contributed by atoms with Crippen LogP contribution in [0.15, 0.2) is 36.0 Å². The largest absolute Gasteiger partial charge is 0.366 e. The highest BCUT2D eigenvalue weighted by atomic mass is 32.1. The second-order valence-corrected chi connectivity index (χ2v) is 8.09. The lowest BCUT2D eigenvalue weighted by atomic mass is 10.1. The average Bonchev–Trinajstić information content (AvgIpc) is 3.62. The van der Waals surface area contributed by atoms with Crippen LogP contribution in [-0.2, 0) is 0 Å². The zero-order valence-corrected chi connectivity index (χ0v) is 15.6. The number of anilines is 1. The number of aromatic nitrogens is 2. The lowest BCUT2D eigenvalue weighted by Crippen LogP contribution is -2.25. The molecule has 0 aliphatic heterocycles. The SMILES string of the molecule is O=C(NC1CC1)c1ccc(/C=C/c2csc3c(NC4CC4)ncnc23)cc1. The molecule has 2 fully saturated rings. The molecule has 0 radical (unpaired) electrons. The van der Waals surface area contributed by atoms with E-state index in [1.54, 1.807) is 17.7 Å². The van der Waals surface area contributed by atoms with Crippen LogP contribution < -0.4 is 10.6 Å². The number of fused-ring (bicyclic) bond motifs is 1. The van der Waals surface area contributed by atoms with Crippen molar-refractivity contribution < 1.29 is 4.79 Å².